The third kappa shape index (κ3) is 8.51. The number of unbranched alkanes of at least 4 members (excludes halogenated alkanes) is 2. The molecule has 1 N–H and O–H groups in total. The Labute approximate surface area is 280 Å². The molecule has 1 saturated heterocycles. The fourth-order valence-electron chi connectivity index (χ4n) is 5.68. The normalized spacial score (nSPS) is 20.1. The molecule has 2 aliphatic heterocycles. The van der Waals surface area contributed by atoms with Crippen LogP contribution in [-0.2, 0) is 25.5 Å². The minimum absolute atomic E-state index is 0.124. The molecular weight excluding hydrogens is 626 g/mol. The summed E-state index contributed by atoms with van der Waals surface area (Å²) >= 11 is 0.993. The second kappa shape index (κ2) is 16.3. The van der Waals surface area contributed by atoms with Crippen LogP contribution >= 0.6 is 11.8 Å². The maximum Gasteiger partial charge on any atom is 0.311 e. The number of hydrogen-bond donors (Lipinski definition) is 1. The van der Waals surface area contributed by atoms with E-state index < -0.39 is 22.9 Å². The van der Waals surface area contributed by atoms with Gasteiger partial charge in [-0.25, -0.2) is 0 Å². The van der Waals surface area contributed by atoms with Gasteiger partial charge in [0.05, 0.1) is 19.5 Å². The standard InChI is InChI=1S/C35H45NO10S/c1-7-10-12-26(37)44-24-19-35(9-3,20-43-23-16-14-22(15-17-23)18-25-33(39)36-34(40)47-25)46-30-28(24)21(4)29(31(41-5)32(30)42-6)45-27(38)13-11-8-2/h14-17,24-25H,7-13,18-20H2,1-6H3,(H,36,39,40). The van der Waals surface area contributed by atoms with Gasteiger partial charge in [-0.05, 0) is 50.3 Å². The Bertz CT molecular complexity index is 1460. The summed E-state index contributed by atoms with van der Waals surface area (Å²) in [5.74, 6) is 0.565. The summed E-state index contributed by atoms with van der Waals surface area (Å²) in [7, 11) is 2.94. The molecule has 2 aromatic rings. The molecule has 0 bridgehead atoms. The highest BCUT2D eigenvalue weighted by Gasteiger charge is 2.46. The lowest BCUT2D eigenvalue weighted by atomic mass is 9.84. The number of esters is 2. The van der Waals surface area contributed by atoms with Crippen LogP contribution in [-0.4, -0.2) is 54.8 Å². The van der Waals surface area contributed by atoms with E-state index in [2.05, 4.69) is 5.32 Å². The van der Waals surface area contributed by atoms with Crippen molar-refractivity contribution in [3.8, 4) is 28.7 Å². The summed E-state index contributed by atoms with van der Waals surface area (Å²) in [4.78, 5) is 49.3. The molecule has 4 rings (SSSR count). The molecule has 2 heterocycles. The third-order valence-corrected chi connectivity index (χ3v) is 9.41. The van der Waals surface area contributed by atoms with E-state index in [4.69, 9.17) is 28.4 Å². The Morgan fingerprint density at radius 3 is 2.19 bits per heavy atom. The lowest BCUT2D eigenvalue weighted by molar-refractivity contribution is -0.155. The molecule has 0 radical (unpaired) electrons. The molecule has 0 aromatic heterocycles. The fraction of sp³-hybridized carbons (Fsp3) is 0.543. The van der Waals surface area contributed by atoms with Crippen molar-refractivity contribution in [2.75, 3.05) is 20.8 Å². The molecule has 12 heteroatoms. The molecule has 1 fully saturated rings. The van der Waals surface area contributed by atoms with Crippen molar-refractivity contribution in [3.05, 3.63) is 41.0 Å². The van der Waals surface area contributed by atoms with Crippen LogP contribution in [0.4, 0.5) is 4.79 Å². The number of hydrogen-bond acceptors (Lipinski definition) is 11. The topological polar surface area (TPSA) is 136 Å². The fourth-order valence-corrected chi connectivity index (χ4v) is 6.54. The molecule has 2 aliphatic rings. The summed E-state index contributed by atoms with van der Waals surface area (Å²) < 4.78 is 36.5. The SMILES string of the molecule is CCCCC(=O)Oc1c(C)c2c(c(OC)c1OC)OC(CC)(COc1ccc(CC3SC(=O)NC3=O)cc1)CC2OC(=O)CCCC. The summed E-state index contributed by atoms with van der Waals surface area (Å²) in [5, 5.41) is 1.52. The molecule has 0 aliphatic carbocycles. The maximum absolute atomic E-state index is 13.0. The predicted molar refractivity (Wildman–Crippen MR) is 177 cm³/mol. The number of fused-ring (bicyclic) bond motifs is 1. The average molecular weight is 672 g/mol. The van der Waals surface area contributed by atoms with Gasteiger partial charge in [-0.1, -0.05) is 57.5 Å². The number of nitrogens with one attached hydrogen (secondary N) is 1. The first-order chi connectivity index (χ1) is 22.6. The third-order valence-electron chi connectivity index (χ3n) is 8.43. The van der Waals surface area contributed by atoms with Crippen molar-refractivity contribution in [3.63, 3.8) is 0 Å². The van der Waals surface area contributed by atoms with Crippen molar-refractivity contribution in [1.29, 1.82) is 0 Å². The summed E-state index contributed by atoms with van der Waals surface area (Å²) in [6.07, 6.45) is 4.06. The first kappa shape index (κ1) is 35.9. The van der Waals surface area contributed by atoms with Crippen molar-refractivity contribution in [2.45, 2.75) is 102 Å². The number of rotatable bonds is 16. The first-order valence-corrected chi connectivity index (χ1v) is 17.1. The number of carbonyl (C=O) groups is 4. The van der Waals surface area contributed by atoms with E-state index in [-0.39, 0.29) is 60.2 Å². The molecule has 0 saturated carbocycles. The van der Waals surface area contributed by atoms with Crippen molar-refractivity contribution >= 4 is 34.8 Å². The van der Waals surface area contributed by atoms with Gasteiger partial charge in [-0.15, -0.1) is 0 Å². The molecular formula is C35H45NO10S. The van der Waals surface area contributed by atoms with Gasteiger partial charge in [0.25, 0.3) is 5.24 Å². The summed E-state index contributed by atoms with van der Waals surface area (Å²) in [5.41, 5.74) is 1.09. The minimum atomic E-state index is -0.926. The van der Waals surface area contributed by atoms with E-state index in [0.29, 0.717) is 48.3 Å². The van der Waals surface area contributed by atoms with E-state index >= 15 is 0 Å². The van der Waals surface area contributed by atoms with Gasteiger partial charge in [-0.2, -0.15) is 0 Å². The van der Waals surface area contributed by atoms with Crippen molar-refractivity contribution in [2.24, 2.45) is 0 Å². The highest BCUT2D eigenvalue weighted by Crippen LogP contribution is 2.57. The number of benzene rings is 2. The Morgan fingerprint density at radius 2 is 1.62 bits per heavy atom. The Balaban J connectivity index is 1.65. The van der Waals surface area contributed by atoms with Crippen LogP contribution in [0, 0.1) is 6.92 Å². The minimum Gasteiger partial charge on any atom is -0.490 e. The zero-order chi connectivity index (χ0) is 34.1. The van der Waals surface area contributed by atoms with Crippen LogP contribution in [0.3, 0.4) is 0 Å². The van der Waals surface area contributed by atoms with Crippen LogP contribution in [0.1, 0.15) is 94.9 Å². The second-order valence-electron chi connectivity index (χ2n) is 11.8. The van der Waals surface area contributed by atoms with Crippen LogP contribution in [0.5, 0.6) is 28.7 Å². The molecule has 2 amide bonds. The Morgan fingerprint density at radius 1 is 0.957 bits per heavy atom. The average Bonchev–Trinajstić information content (AvgIpc) is 3.38. The molecule has 47 heavy (non-hydrogen) atoms. The van der Waals surface area contributed by atoms with E-state index in [1.165, 1.54) is 14.2 Å². The monoisotopic (exact) mass is 671 g/mol. The largest absolute Gasteiger partial charge is 0.490 e. The van der Waals surface area contributed by atoms with Crippen LogP contribution in [0.2, 0.25) is 0 Å². The first-order valence-electron chi connectivity index (χ1n) is 16.2. The highest BCUT2D eigenvalue weighted by atomic mass is 32.2. The van der Waals surface area contributed by atoms with Gasteiger partial charge in [0.1, 0.15) is 24.1 Å². The van der Waals surface area contributed by atoms with Gasteiger partial charge in [-0.3, -0.25) is 24.5 Å². The molecule has 3 unspecified atom stereocenters. The molecule has 11 nitrogen and oxygen atoms in total. The number of ether oxygens (including phenoxy) is 6. The Hall–Kier alpha value is -3.93. The zero-order valence-corrected chi connectivity index (χ0v) is 28.8. The van der Waals surface area contributed by atoms with E-state index in [1.807, 2.05) is 45.0 Å². The Kier molecular flexibility index (Phi) is 12.4. The van der Waals surface area contributed by atoms with E-state index in [0.717, 1.165) is 30.2 Å². The molecule has 256 valence electrons. The lowest BCUT2D eigenvalue weighted by Crippen LogP contribution is -2.46. The number of thioether (sulfide) groups is 1. The van der Waals surface area contributed by atoms with Crippen molar-refractivity contribution < 1.29 is 47.6 Å². The molecule has 3 atom stereocenters. The summed E-state index contributed by atoms with van der Waals surface area (Å²) in [6, 6.07) is 7.34. The number of imide groups is 1. The predicted octanol–water partition coefficient (Wildman–Crippen LogP) is 6.79. The van der Waals surface area contributed by atoms with Gasteiger partial charge >= 0.3 is 11.9 Å². The lowest BCUT2D eigenvalue weighted by Gasteiger charge is -2.42. The highest BCUT2D eigenvalue weighted by molar-refractivity contribution is 8.15. The maximum atomic E-state index is 13.0. The number of amides is 2. The van der Waals surface area contributed by atoms with E-state index in [9.17, 15) is 19.2 Å². The second-order valence-corrected chi connectivity index (χ2v) is 13.0. The summed E-state index contributed by atoms with van der Waals surface area (Å²) in [6.45, 7) is 7.89. The number of methoxy groups -OCH3 is 2. The van der Waals surface area contributed by atoms with Gasteiger partial charge in [0.15, 0.2) is 11.5 Å². The van der Waals surface area contributed by atoms with Gasteiger partial charge in [0, 0.05) is 30.4 Å². The van der Waals surface area contributed by atoms with Crippen LogP contribution in [0.15, 0.2) is 24.3 Å². The van der Waals surface area contributed by atoms with E-state index in [1.54, 1.807) is 6.92 Å². The smallest absolute Gasteiger partial charge is 0.311 e. The quantitative estimate of drug-likeness (QED) is 0.149. The van der Waals surface area contributed by atoms with Gasteiger partial charge in [0.2, 0.25) is 17.4 Å². The molecule has 0 spiro atoms. The zero-order valence-electron chi connectivity index (χ0n) is 28.0. The number of carbonyl (C=O) groups excluding carboxylic acids is 4. The van der Waals surface area contributed by atoms with Crippen LogP contribution < -0.4 is 29.0 Å². The van der Waals surface area contributed by atoms with Crippen molar-refractivity contribution in [1.82, 2.24) is 5.32 Å². The molecule has 2 aromatic carbocycles. The van der Waals surface area contributed by atoms with Crippen LogP contribution in [0.25, 0.3) is 0 Å². The van der Waals surface area contributed by atoms with Gasteiger partial charge < -0.3 is 28.4 Å².